The molecular formula is C11H13N3OS2. The average molecular weight is 267 g/mol. The minimum absolute atomic E-state index is 0.0317. The maximum atomic E-state index is 11.9. The van der Waals surface area contributed by atoms with E-state index in [1.807, 2.05) is 17.5 Å². The predicted molar refractivity (Wildman–Crippen MR) is 69.3 cm³/mol. The minimum Gasteiger partial charge on any atom is -0.343 e. The molecule has 0 unspecified atom stereocenters. The molecule has 1 amide bonds. The molecule has 0 aliphatic heterocycles. The largest absolute Gasteiger partial charge is 0.343 e. The first-order valence-electron chi connectivity index (χ1n) is 5.30. The van der Waals surface area contributed by atoms with Gasteiger partial charge in [-0.1, -0.05) is 19.9 Å². The number of hydrogen-bond acceptors (Lipinski definition) is 5. The van der Waals surface area contributed by atoms with Gasteiger partial charge in [-0.15, -0.1) is 11.3 Å². The van der Waals surface area contributed by atoms with Crippen LogP contribution in [0.25, 0.3) is 0 Å². The first-order valence-corrected chi connectivity index (χ1v) is 6.91. The van der Waals surface area contributed by atoms with Gasteiger partial charge >= 0.3 is 0 Å². The maximum absolute atomic E-state index is 11.9. The summed E-state index contributed by atoms with van der Waals surface area (Å²) in [7, 11) is 0. The zero-order chi connectivity index (χ0) is 12.3. The van der Waals surface area contributed by atoms with Crippen molar-refractivity contribution in [2.24, 2.45) is 5.92 Å². The fourth-order valence-electron chi connectivity index (χ4n) is 1.51. The van der Waals surface area contributed by atoms with E-state index in [1.54, 1.807) is 11.3 Å². The van der Waals surface area contributed by atoms with Crippen LogP contribution in [0.5, 0.6) is 0 Å². The van der Waals surface area contributed by atoms with Gasteiger partial charge in [0.05, 0.1) is 24.0 Å². The van der Waals surface area contributed by atoms with Crippen LogP contribution in [0.1, 0.15) is 35.3 Å². The van der Waals surface area contributed by atoms with Gasteiger partial charge in [-0.2, -0.15) is 8.75 Å². The molecule has 90 valence electrons. The molecule has 0 aromatic carbocycles. The fourth-order valence-corrected chi connectivity index (χ4v) is 2.88. The molecule has 0 aliphatic carbocycles. The van der Waals surface area contributed by atoms with Gasteiger partial charge in [0.2, 0.25) is 0 Å². The minimum atomic E-state index is -0.161. The third-order valence-electron chi connectivity index (χ3n) is 2.40. The van der Waals surface area contributed by atoms with Crippen molar-refractivity contribution in [3.05, 3.63) is 34.3 Å². The number of carbonyl (C=O) groups excluding carboxylic acids is 1. The smallest absolute Gasteiger partial charge is 0.273 e. The van der Waals surface area contributed by atoms with E-state index < -0.39 is 0 Å². The number of carbonyl (C=O) groups is 1. The standard InChI is InChI=1S/C11H13N3OS2/c1-7(2)10(9-4-3-5-16-9)13-11(15)8-6-12-17-14-8/h3-7,10H,1-2H3,(H,13,15)/t10-/m0/s1. The molecule has 1 N–H and O–H groups in total. The zero-order valence-corrected chi connectivity index (χ0v) is 11.2. The van der Waals surface area contributed by atoms with Gasteiger partial charge in [0.15, 0.2) is 5.69 Å². The van der Waals surface area contributed by atoms with Gasteiger partial charge in [0.25, 0.3) is 5.91 Å². The number of aromatic nitrogens is 2. The van der Waals surface area contributed by atoms with Crippen LogP contribution in [0.2, 0.25) is 0 Å². The molecule has 0 fully saturated rings. The van der Waals surface area contributed by atoms with Gasteiger partial charge < -0.3 is 5.32 Å². The van der Waals surface area contributed by atoms with Crippen molar-refractivity contribution in [2.75, 3.05) is 0 Å². The highest BCUT2D eigenvalue weighted by Crippen LogP contribution is 2.25. The van der Waals surface area contributed by atoms with E-state index in [4.69, 9.17) is 0 Å². The van der Waals surface area contributed by atoms with Crippen molar-refractivity contribution in [1.82, 2.24) is 14.1 Å². The Morgan fingerprint density at radius 1 is 1.47 bits per heavy atom. The number of hydrogen-bond donors (Lipinski definition) is 1. The number of nitrogens with zero attached hydrogens (tertiary/aromatic N) is 2. The topological polar surface area (TPSA) is 54.9 Å². The Balaban J connectivity index is 2.12. The van der Waals surface area contributed by atoms with Crippen molar-refractivity contribution in [3.63, 3.8) is 0 Å². The molecular weight excluding hydrogens is 254 g/mol. The van der Waals surface area contributed by atoms with Crippen LogP contribution in [0.3, 0.4) is 0 Å². The van der Waals surface area contributed by atoms with Crippen LogP contribution >= 0.6 is 23.1 Å². The van der Waals surface area contributed by atoms with Crippen molar-refractivity contribution < 1.29 is 4.79 Å². The van der Waals surface area contributed by atoms with Crippen LogP contribution in [0, 0.1) is 5.92 Å². The zero-order valence-electron chi connectivity index (χ0n) is 9.58. The van der Waals surface area contributed by atoms with Crippen molar-refractivity contribution in [3.8, 4) is 0 Å². The summed E-state index contributed by atoms with van der Waals surface area (Å²) in [4.78, 5) is 13.1. The maximum Gasteiger partial charge on any atom is 0.273 e. The van der Waals surface area contributed by atoms with Crippen LogP contribution in [-0.4, -0.2) is 14.7 Å². The van der Waals surface area contributed by atoms with E-state index >= 15 is 0 Å². The van der Waals surface area contributed by atoms with Gasteiger partial charge in [-0.05, 0) is 17.4 Å². The molecule has 0 aliphatic rings. The van der Waals surface area contributed by atoms with E-state index in [0.717, 1.165) is 16.6 Å². The first kappa shape index (κ1) is 12.2. The third kappa shape index (κ3) is 2.89. The highest BCUT2D eigenvalue weighted by molar-refractivity contribution is 7.10. The Kier molecular flexibility index (Phi) is 3.86. The molecule has 4 nitrogen and oxygen atoms in total. The number of nitrogens with one attached hydrogen (secondary N) is 1. The summed E-state index contributed by atoms with van der Waals surface area (Å²) < 4.78 is 7.76. The third-order valence-corrected chi connectivity index (χ3v) is 3.83. The van der Waals surface area contributed by atoms with E-state index in [1.165, 1.54) is 6.20 Å². The lowest BCUT2D eigenvalue weighted by Crippen LogP contribution is -2.31. The number of rotatable bonds is 4. The summed E-state index contributed by atoms with van der Waals surface area (Å²) in [6, 6.07) is 4.06. The Labute approximate surface area is 108 Å². The second-order valence-corrected chi connectivity index (χ2v) is 5.54. The molecule has 0 radical (unpaired) electrons. The van der Waals surface area contributed by atoms with E-state index in [2.05, 4.69) is 27.9 Å². The van der Waals surface area contributed by atoms with Crippen molar-refractivity contribution >= 4 is 29.0 Å². The molecule has 0 saturated carbocycles. The lowest BCUT2D eigenvalue weighted by molar-refractivity contribution is 0.0922. The Morgan fingerprint density at radius 3 is 2.82 bits per heavy atom. The van der Waals surface area contributed by atoms with E-state index in [0.29, 0.717) is 11.6 Å². The Morgan fingerprint density at radius 2 is 2.29 bits per heavy atom. The van der Waals surface area contributed by atoms with Gasteiger partial charge in [0, 0.05) is 4.88 Å². The molecule has 2 aromatic heterocycles. The van der Waals surface area contributed by atoms with Gasteiger partial charge in [-0.25, -0.2) is 0 Å². The lowest BCUT2D eigenvalue weighted by Gasteiger charge is -2.20. The molecule has 6 heteroatoms. The summed E-state index contributed by atoms with van der Waals surface area (Å²) in [5.41, 5.74) is 0.386. The van der Waals surface area contributed by atoms with Crippen LogP contribution in [0.15, 0.2) is 23.7 Å². The van der Waals surface area contributed by atoms with Gasteiger partial charge in [0.1, 0.15) is 0 Å². The van der Waals surface area contributed by atoms with Crippen LogP contribution in [0.4, 0.5) is 0 Å². The first-order chi connectivity index (χ1) is 8.18. The summed E-state index contributed by atoms with van der Waals surface area (Å²) in [6.07, 6.45) is 1.49. The van der Waals surface area contributed by atoms with Crippen molar-refractivity contribution in [2.45, 2.75) is 19.9 Å². The fraction of sp³-hybridized carbons (Fsp3) is 0.364. The molecule has 2 rings (SSSR count). The lowest BCUT2D eigenvalue weighted by atomic mass is 10.0. The Hall–Kier alpha value is -1.27. The molecule has 2 heterocycles. The predicted octanol–water partition coefficient (Wildman–Crippen LogP) is 2.73. The normalized spacial score (nSPS) is 12.6. The summed E-state index contributed by atoms with van der Waals surface area (Å²) in [6.45, 7) is 4.17. The monoisotopic (exact) mass is 267 g/mol. The molecule has 0 saturated heterocycles. The van der Waals surface area contributed by atoms with E-state index in [-0.39, 0.29) is 11.9 Å². The second-order valence-electron chi connectivity index (χ2n) is 4.00. The Bertz CT molecular complexity index is 465. The molecule has 2 aromatic rings. The molecule has 0 spiro atoms. The second kappa shape index (κ2) is 5.37. The van der Waals surface area contributed by atoms with Crippen LogP contribution in [-0.2, 0) is 0 Å². The van der Waals surface area contributed by atoms with Crippen LogP contribution < -0.4 is 5.32 Å². The number of thiophene rings is 1. The number of amides is 1. The SMILES string of the molecule is CC(C)[C@H](NC(=O)c1cnsn1)c1cccs1. The molecule has 17 heavy (non-hydrogen) atoms. The molecule has 0 bridgehead atoms. The van der Waals surface area contributed by atoms with Gasteiger partial charge in [-0.3, -0.25) is 4.79 Å². The highest BCUT2D eigenvalue weighted by Gasteiger charge is 2.20. The summed E-state index contributed by atoms with van der Waals surface area (Å²) in [5.74, 6) is 0.176. The quantitative estimate of drug-likeness (QED) is 0.926. The van der Waals surface area contributed by atoms with E-state index in [9.17, 15) is 4.79 Å². The van der Waals surface area contributed by atoms with Crippen molar-refractivity contribution in [1.29, 1.82) is 0 Å². The molecule has 1 atom stereocenters. The summed E-state index contributed by atoms with van der Waals surface area (Å²) >= 11 is 2.69. The highest BCUT2D eigenvalue weighted by atomic mass is 32.1. The average Bonchev–Trinajstić information content (AvgIpc) is 2.97. The summed E-state index contributed by atoms with van der Waals surface area (Å²) in [5, 5.41) is 5.01.